The fourth-order valence-corrected chi connectivity index (χ4v) is 3.21. The van der Waals surface area contributed by atoms with Crippen LogP contribution in [0.2, 0.25) is 0 Å². The van der Waals surface area contributed by atoms with E-state index in [1.807, 2.05) is 62.6 Å². The molecule has 140 valence electrons. The van der Waals surface area contributed by atoms with Crippen LogP contribution in [0.15, 0.2) is 60.9 Å². The van der Waals surface area contributed by atoms with E-state index in [2.05, 4.69) is 10.1 Å². The summed E-state index contributed by atoms with van der Waals surface area (Å²) in [6, 6.07) is 15.3. The molecule has 2 aromatic heterocycles. The minimum atomic E-state index is -0.426. The lowest BCUT2D eigenvalue weighted by atomic mass is 10.0. The van der Waals surface area contributed by atoms with Crippen molar-refractivity contribution in [1.82, 2.24) is 14.8 Å². The number of nitrogens with zero attached hydrogens (tertiary/aromatic N) is 3. The molecular weight excluding hydrogens is 352 g/mol. The number of nitrogens with two attached hydrogens (primary N) is 1. The number of carbonyl (C=O) groups excluding carboxylic acids is 1. The molecule has 6 nitrogen and oxygen atoms in total. The molecule has 0 spiro atoms. The molecule has 0 radical (unpaired) electrons. The Balaban J connectivity index is 1.53. The van der Waals surface area contributed by atoms with E-state index in [-0.39, 0.29) is 0 Å². The Hall–Kier alpha value is -3.67. The SMILES string of the molecule is Cc1cc(-c2cc(COc3ccc4nn(C)cc4c3)ccn2)ccc1C(N)=O. The van der Waals surface area contributed by atoms with Crippen LogP contribution in [0.4, 0.5) is 0 Å². The molecule has 0 saturated carbocycles. The van der Waals surface area contributed by atoms with Crippen molar-refractivity contribution in [2.45, 2.75) is 13.5 Å². The number of carbonyl (C=O) groups is 1. The largest absolute Gasteiger partial charge is 0.489 e. The number of aryl methyl sites for hydroxylation is 2. The Morgan fingerprint density at radius 3 is 2.79 bits per heavy atom. The Kier molecular flexibility index (Phi) is 4.53. The van der Waals surface area contributed by atoms with E-state index in [4.69, 9.17) is 10.5 Å². The van der Waals surface area contributed by atoms with Crippen LogP contribution in [-0.4, -0.2) is 20.7 Å². The van der Waals surface area contributed by atoms with Gasteiger partial charge in [-0.2, -0.15) is 5.10 Å². The van der Waals surface area contributed by atoms with E-state index >= 15 is 0 Å². The quantitative estimate of drug-likeness (QED) is 0.580. The van der Waals surface area contributed by atoms with Gasteiger partial charge < -0.3 is 10.5 Å². The Morgan fingerprint density at radius 1 is 1.14 bits per heavy atom. The van der Waals surface area contributed by atoms with Crippen LogP contribution in [0.5, 0.6) is 5.75 Å². The second-order valence-electron chi connectivity index (χ2n) is 6.76. The third-order valence-electron chi connectivity index (χ3n) is 4.61. The van der Waals surface area contributed by atoms with Gasteiger partial charge in [0.15, 0.2) is 0 Å². The third kappa shape index (κ3) is 3.57. The number of amides is 1. The number of benzene rings is 2. The zero-order valence-electron chi connectivity index (χ0n) is 15.7. The lowest BCUT2D eigenvalue weighted by Crippen LogP contribution is -2.12. The molecule has 0 aliphatic heterocycles. The summed E-state index contributed by atoms with van der Waals surface area (Å²) >= 11 is 0. The van der Waals surface area contributed by atoms with Crippen LogP contribution >= 0.6 is 0 Å². The summed E-state index contributed by atoms with van der Waals surface area (Å²) in [5.74, 6) is 0.366. The highest BCUT2D eigenvalue weighted by Crippen LogP contribution is 2.23. The summed E-state index contributed by atoms with van der Waals surface area (Å²) in [6.07, 6.45) is 3.72. The first-order valence-corrected chi connectivity index (χ1v) is 8.91. The van der Waals surface area contributed by atoms with Gasteiger partial charge in [-0.3, -0.25) is 14.5 Å². The second kappa shape index (κ2) is 7.15. The molecule has 28 heavy (non-hydrogen) atoms. The highest BCUT2D eigenvalue weighted by atomic mass is 16.5. The zero-order chi connectivity index (χ0) is 19.7. The van der Waals surface area contributed by atoms with Crippen molar-refractivity contribution in [2.75, 3.05) is 0 Å². The Bertz CT molecular complexity index is 1180. The van der Waals surface area contributed by atoms with Gasteiger partial charge in [0.25, 0.3) is 0 Å². The fraction of sp³-hybridized carbons (Fsp3) is 0.136. The maximum atomic E-state index is 11.4. The van der Waals surface area contributed by atoms with Gasteiger partial charge in [0.1, 0.15) is 12.4 Å². The predicted molar refractivity (Wildman–Crippen MR) is 108 cm³/mol. The topological polar surface area (TPSA) is 83.0 Å². The summed E-state index contributed by atoms with van der Waals surface area (Å²) in [5.41, 5.74) is 10.4. The smallest absolute Gasteiger partial charge is 0.248 e. The highest BCUT2D eigenvalue weighted by Gasteiger charge is 2.08. The average molecular weight is 372 g/mol. The van der Waals surface area contributed by atoms with Gasteiger partial charge in [0.2, 0.25) is 5.91 Å². The van der Waals surface area contributed by atoms with Crippen molar-refractivity contribution in [3.8, 4) is 17.0 Å². The first-order valence-electron chi connectivity index (χ1n) is 8.91. The molecule has 2 aromatic carbocycles. The number of hydrogen-bond acceptors (Lipinski definition) is 4. The van der Waals surface area contributed by atoms with Crippen molar-refractivity contribution in [1.29, 1.82) is 0 Å². The van der Waals surface area contributed by atoms with E-state index in [1.54, 1.807) is 16.9 Å². The lowest BCUT2D eigenvalue weighted by Gasteiger charge is -2.09. The molecule has 0 aliphatic rings. The minimum Gasteiger partial charge on any atom is -0.489 e. The highest BCUT2D eigenvalue weighted by molar-refractivity contribution is 5.94. The molecule has 1 amide bonds. The molecular formula is C22H20N4O2. The maximum Gasteiger partial charge on any atom is 0.248 e. The molecule has 4 rings (SSSR count). The summed E-state index contributed by atoms with van der Waals surface area (Å²) in [7, 11) is 1.90. The van der Waals surface area contributed by atoms with Crippen LogP contribution in [0.3, 0.4) is 0 Å². The van der Waals surface area contributed by atoms with E-state index in [1.165, 1.54) is 0 Å². The molecule has 0 fully saturated rings. The van der Waals surface area contributed by atoms with Gasteiger partial charge >= 0.3 is 0 Å². The number of pyridine rings is 1. The molecule has 2 N–H and O–H groups in total. The molecule has 0 bridgehead atoms. The zero-order valence-corrected chi connectivity index (χ0v) is 15.7. The predicted octanol–water partition coefficient (Wildman–Crippen LogP) is 3.62. The standard InChI is InChI=1S/C22H20N4O2/c1-14-9-16(3-5-19(14)22(23)27)21-10-15(7-8-24-21)13-28-18-4-6-20-17(11-18)12-26(2)25-20/h3-12H,13H2,1-2H3,(H2,23,27). The minimum absolute atomic E-state index is 0.426. The molecule has 0 atom stereocenters. The van der Waals surface area contributed by atoms with Gasteiger partial charge in [-0.1, -0.05) is 6.07 Å². The van der Waals surface area contributed by atoms with Crippen LogP contribution < -0.4 is 10.5 Å². The van der Waals surface area contributed by atoms with Crippen LogP contribution in [0, 0.1) is 6.92 Å². The van der Waals surface area contributed by atoms with Gasteiger partial charge in [0.05, 0.1) is 11.2 Å². The number of aromatic nitrogens is 3. The number of hydrogen-bond donors (Lipinski definition) is 1. The van der Waals surface area contributed by atoms with Crippen LogP contribution in [0.25, 0.3) is 22.2 Å². The van der Waals surface area contributed by atoms with Crippen molar-refractivity contribution in [2.24, 2.45) is 12.8 Å². The van der Waals surface area contributed by atoms with Crippen molar-refractivity contribution in [3.63, 3.8) is 0 Å². The number of fused-ring (bicyclic) bond motifs is 1. The normalized spacial score (nSPS) is 10.9. The number of primary amides is 1. The van der Waals surface area contributed by atoms with Crippen LogP contribution in [-0.2, 0) is 13.7 Å². The van der Waals surface area contributed by atoms with Gasteiger partial charge in [-0.25, -0.2) is 0 Å². The maximum absolute atomic E-state index is 11.4. The monoisotopic (exact) mass is 372 g/mol. The molecule has 4 aromatic rings. The van der Waals surface area contributed by atoms with Crippen molar-refractivity contribution in [3.05, 3.63) is 77.6 Å². The van der Waals surface area contributed by atoms with E-state index in [0.29, 0.717) is 12.2 Å². The van der Waals surface area contributed by atoms with E-state index in [0.717, 1.165) is 39.0 Å². The van der Waals surface area contributed by atoms with Crippen molar-refractivity contribution < 1.29 is 9.53 Å². The Labute approximate surface area is 162 Å². The van der Waals surface area contributed by atoms with E-state index in [9.17, 15) is 4.79 Å². The molecule has 0 unspecified atom stereocenters. The van der Waals surface area contributed by atoms with E-state index < -0.39 is 5.91 Å². The molecule has 0 aliphatic carbocycles. The summed E-state index contributed by atoms with van der Waals surface area (Å²) in [6.45, 7) is 2.30. The average Bonchev–Trinajstić information content (AvgIpc) is 3.05. The summed E-state index contributed by atoms with van der Waals surface area (Å²) < 4.78 is 7.74. The second-order valence-corrected chi connectivity index (χ2v) is 6.76. The van der Waals surface area contributed by atoms with Crippen molar-refractivity contribution >= 4 is 16.8 Å². The summed E-state index contributed by atoms with van der Waals surface area (Å²) in [5, 5.41) is 5.41. The first-order chi connectivity index (χ1) is 13.5. The van der Waals surface area contributed by atoms with Crippen LogP contribution in [0.1, 0.15) is 21.5 Å². The first kappa shape index (κ1) is 17.7. The fourth-order valence-electron chi connectivity index (χ4n) is 3.21. The molecule has 2 heterocycles. The summed E-state index contributed by atoms with van der Waals surface area (Å²) in [4.78, 5) is 15.9. The molecule has 6 heteroatoms. The lowest BCUT2D eigenvalue weighted by molar-refractivity contribution is 0.0999. The Morgan fingerprint density at radius 2 is 2.00 bits per heavy atom. The van der Waals surface area contributed by atoms with Gasteiger partial charge in [-0.15, -0.1) is 0 Å². The third-order valence-corrected chi connectivity index (χ3v) is 4.61. The van der Waals surface area contributed by atoms with Gasteiger partial charge in [0, 0.05) is 36.0 Å². The number of rotatable bonds is 5. The number of ether oxygens (including phenoxy) is 1. The molecule has 0 saturated heterocycles. The van der Waals surface area contributed by atoms with Gasteiger partial charge in [-0.05, 0) is 60.5 Å².